The Morgan fingerprint density at radius 1 is 1.17 bits per heavy atom. The fourth-order valence-corrected chi connectivity index (χ4v) is 5.02. The molecule has 18 heavy (non-hydrogen) atoms. The molecule has 0 atom stereocenters. The minimum atomic E-state index is -3.52. The number of aryl methyl sites for hydroxylation is 1. The molecule has 0 fully saturated rings. The Balaban J connectivity index is 2.34. The summed E-state index contributed by atoms with van der Waals surface area (Å²) in [5.74, 6) is 0. The molecule has 0 bridgehead atoms. The predicted molar refractivity (Wildman–Crippen MR) is 81.7 cm³/mol. The molecule has 0 radical (unpaired) electrons. The molecule has 2 rings (SSSR count). The van der Waals surface area contributed by atoms with E-state index < -0.39 is 10.0 Å². The summed E-state index contributed by atoms with van der Waals surface area (Å²) in [4.78, 5) is 0. The molecule has 0 unspecified atom stereocenters. The van der Waals surface area contributed by atoms with E-state index in [2.05, 4.69) is 36.6 Å². The van der Waals surface area contributed by atoms with Gasteiger partial charge < -0.3 is 0 Å². The Morgan fingerprint density at radius 3 is 2.44 bits per heavy atom. The van der Waals surface area contributed by atoms with Gasteiger partial charge in [0.15, 0.2) is 4.21 Å². The maximum atomic E-state index is 12.1. The second-order valence-electron chi connectivity index (χ2n) is 3.63. The number of anilines is 1. The van der Waals surface area contributed by atoms with Crippen LogP contribution in [-0.4, -0.2) is 8.42 Å². The molecule has 1 aromatic heterocycles. The maximum Gasteiger partial charge on any atom is 0.272 e. The highest BCUT2D eigenvalue weighted by Gasteiger charge is 2.19. The molecule has 0 amide bonds. The van der Waals surface area contributed by atoms with Crippen molar-refractivity contribution in [3.8, 4) is 0 Å². The number of hydrogen-bond donors (Lipinski definition) is 1. The van der Waals surface area contributed by atoms with Crippen LogP contribution in [0.15, 0.2) is 42.8 Å². The zero-order valence-electron chi connectivity index (χ0n) is 9.28. The number of thiophene rings is 1. The summed E-state index contributed by atoms with van der Waals surface area (Å²) >= 11 is 7.78. The second kappa shape index (κ2) is 5.32. The summed E-state index contributed by atoms with van der Waals surface area (Å²) in [6.45, 7) is 1.91. The molecule has 3 nitrogen and oxygen atoms in total. The van der Waals surface area contributed by atoms with E-state index in [-0.39, 0.29) is 4.21 Å². The van der Waals surface area contributed by atoms with Crippen LogP contribution in [0.1, 0.15) is 5.56 Å². The van der Waals surface area contributed by atoms with Gasteiger partial charge in [0.2, 0.25) is 0 Å². The summed E-state index contributed by atoms with van der Waals surface area (Å²) < 4.78 is 28.6. The number of hydrogen-bond acceptors (Lipinski definition) is 3. The molecular weight excluding hydrogens is 402 g/mol. The molecule has 1 N–H and O–H groups in total. The van der Waals surface area contributed by atoms with Gasteiger partial charge in [0.25, 0.3) is 10.0 Å². The van der Waals surface area contributed by atoms with Gasteiger partial charge in [0.05, 0.1) is 0 Å². The van der Waals surface area contributed by atoms with Gasteiger partial charge in [0, 0.05) is 14.6 Å². The Kier molecular flexibility index (Phi) is 4.15. The van der Waals surface area contributed by atoms with Crippen molar-refractivity contribution < 1.29 is 8.42 Å². The third kappa shape index (κ3) is 2.96. The summed E-state index contributed by atoms with van der Waals surface area (Å²) in [7, 11) is -3.52. The SMILES string of the molecule is Cc1cc(NS(=O)(=O)c2sccc2Br)ccc1Br. The first-order chi connectivity index (χ1) is 8.40. The van der Waals surface area contributed by atoms with E-state index in [0.717, 1.165) is 10.0 Å². The lowest BCUT2D eigenvalue weighted by atomic mass is 10.2. The van der Waals surface area contributed by atoms with Crippen molar-refractivity contribution in [1.29, 1.82) is 0 Å². The van der Waals surface area contributed by atoms with Gasteiger partial charge in [-0.05, 0) is 58.1 Å². The fraction of sp³-hybridized carbons (Fsp3) is 0.0909. The van der Waals surface area contributed by atoms with E-state index >= 15 is 0 Å². The zero-order valence-corrected chi connectivity index (χ0v) is 14.1. The standard InChI is InChI=1S/C11H9Br2NO2S2/c1-7-6-8(2-3-9(7)12)14-18(15,16)11-10(13)4-5-17-11/h2-6,14H,1H3. The van der Waals surface area contributed by atoms with Crippen LogP contribution in [-0.2, 0) is 10.0 Å². The molecule has 2 aromatic rings. The average Bonchev–Trinajstić information content (AvgIpc) is 2.70. The smallest absolute Gasteiger partial charge is 0.272 e. The Morgan fingerprint density at radius 2 is 1.89 bits per heavy atom. The van der Waals surface area contributed by atoms with E-state index in [1.54, 1.807) is 23.6 Å². The largest absolute Gasteiger partial charge is 0.279 e. The Labute approximate surface area is 127 Å². The predicted octanol–water partition coefficient (Wildman–Crippen LogP) is 4.38. The second-order valence-corrected chi connectivity index (χ2v) is 8.13. The van der Waals surface area contributed by atoms with E-state index in [1.807, 2.05) is 13.0 Å². The van der Waals surface area contributed by atoms with Crippen LogP contribution in [0, 0.1) is 6.92 Å². The van der Waals surface area contributed by atoms with E-state index in [1.165, 1.54) is 11.3 Å². The maximum absolute atomic E-state index is 12.1. The summed E-state index contributed by atoms with van der Waals surface area (Å²) in [6, 6.07) is 7.03. The van der Waals surface area contributed by atoms with Gasteiger partial charge in [-0.25, -0.2) is 8.42 Å². The van der Waals surface area contributed by atoms with Crippen molar-refractivity contribution in [3.05, 3.63) is 44.2 Å². The molecule has 1 aromatic carbocycles. The van der Waals surface area contributed by atoms with E-state index in [9.17, 15) is 8.42 Å². The van der Waals surface area contributed by atoms with Crippen LogP contribution in [0.25, 0.3) is 0 Å². The van der Waals surface area contributed by atoms with Crippen molar-refractivity contribution in [2.45, 2.75) is 11.1 Å². The van der Waals surface area contributed by atoms with Crippen LogP contribution < -0.4 is 4.72 Å². The van der Waals surface area contributed by atoms with Crippen LogP contribution in [0.3, 0.4) is 0 Å². The van der Waals surface area contributed by atoms with Gasteiger partial charge in [-0.1, -0.05) is 15.9 Å². The normalized spacial score (nSPS) is 11.5. The van der Waals surface area contributed by atoms with Crippen LogP contribution in [0.5, 0.6) is 0 Å². The van der Waals surface area contributed by atoms with E-state index in [0.29, 0.717) is 10.2 Å². The molecule has 0 aliphatic carbocycles. The molecular formula is C11H9Br2NO2S2. The molecule has 96 valence electrons. The first kappa shape index (κ1) is 14.0. The molecule has 0 saturated carbocycles. The van der Waals surface area contributed by atoms with Crippen LogP contribution in [0.4, 0.5) is 5.69 Å². The Bertz CT molecular complexity index is 680. The first-order valence-corrected chi connectivity index (χ1v) is 8.87. The molecule has 1 heterocycles. The summed E-state index contributed by atoms with van der Waals surface area (Å²) in [5.41, 5.74) is 1.52. The lowest BCUT2D eigenvalue weighted by molar-refractivity contribution is 0.603. The fourth-order valence-electron chi connectivity index (χ4n) is 1.38. The van der Waals surface area contributed by atoms with Gasteiger partial charge >= 0.3 is 0 Å². The number of halogens is 2. The molecule has 0 spiro atoms. The van der Waals surface area contributed by atoms with E-state index in [4.69, 9.17) is 0 Å². The third-order valence-corrected chi connectivity index (χ3v) is 7.18. The van der Waals surface area contributed by atoms with Gasteiger partial charge in [-0.15, -0.1) is 11.3 Å². The lowest BCUT2D eigenvalue weighted by Gasteiger charge is -2.08. The molecule has 7 heteroatoms. The number of benzene rings is 1. The number of nitrogens with one attached hydrogen (secondary N) is 1. The van der Waals surface area contributed by atoms with Crippen molar-refractivity contribution in [2.24, 2.45) is 0 Å². The highest BCUT2D eigenvalue weighted by atomic mass is 79.9. The topological polar surface area (TPSA) is 46.2 Å². The van der Waals surface area contributed by atoms with Crippen molar-refractivity contribution in [2.75, 3.05) is 4.72 Å². The minimum Gasteiger partial charge on any atom is -0.279 e. The van der Waals surface area contributed by atoms with Gasteiger partial charge in [0.1, 0.15) is 0 Å². The molecule has 0 aliphatic heterocycles. The van der Waals surface area contributed by atoms with Crippen LogP contribution >= 0.6 is 43.2 Å². The zero-order chi connectivity index (χ0) is 13.3. The van der Waals surface area contributed by atoms with Gasteiger partial charge in [-0.3, -0.25) is 4.72 Å². The third-order valence-electron chi connectivity index (χ3n) is 2.24. The quantitative estimate of drug-likeness (QED) is 0.815. The first-order valence-electron chi connectivity index (χ1n) is 4.92. The highest BCUT2D eigenvalue weighted by molar-refractivity contribution is 9.10. The highest BCUT2D eigenvalue weighted by Crippen LogP contribution is 2.30. The van der Waals surface area contributed by atoms with Gasteiger partial charge in [-0.2, -0.15) is 0 Å². The molecule has 0 aliphatic rings. The van der Waals surface area contributed by atoms with Crippen molar-refractivity contribution >= 4 is 58.9 Å². The summed E-state index contributed by atoms with van der Waals surface area (Å²) in [5, 5.41) is 1.73. The Hall–Kier alpha value is -0.370. The van der Waals surface area contributed by atoms with Crippen molar-refractivity contribution in [1.82, 2.24) is 0 Å². The average molecular weight is 411 g/mol. The minimum absolute atomic E-state index is 0.281. The van der Waals surface area contributed by atoms with Crippen molar-refractivity contribution in [3.63, 3.8) is 0 Å². The van der Waals surface area contributed by atoms with Crippen LogP contribution in [0.2, 0.25) is 0 Å². The summed E-state index contributed by atoms with van der Waals surface area (Å²) in [6.07, 6.45) is 0. The number of sulfonamides is 1. The lowest BCUT2D eigenvalue weighted by Crippen LogP contribution is -2.12. The number of rotatable bonds is 3. The monoisotopic (exact) mass is 409 g/mol. The molecule has 0 saturated heterocycles.